The molecule has 15 heavy (non-hydrogen) atoms. The Morgan fingerprint density at radius 1 is 1.67 bits per heavy atom. The van der Waals surface area contributed by atoms with E-state index in [4.69, 9.17) is 4.74 Å². The van der Waals surface area contributed by atoms with Crippen LogP contribution in [-0.2, 0) is 4.74 Å². The van der Waals surface area contributed by atoms with Crippen molar-refractivity contribution in [1.29, 1.82) is 0 Å². The molecule has 1 aliphatic heterocycles. The topological polar surface area (TPSA) is 71.5 Å². The van der Waals surface area contributed by atoms with E-state index in [9.17, 15) is 9.90 Å². The minimum absolute atomic E-state index is 0.0268. The normalized spacial score (nSPS) is 20.1. The molecule has 1 atom stereocenters. The zero-order valence-electron chi connectivity index (χ0n) is 8.14. The third-order valence-corrected chi connectivity index (χ3v) is 2.27. The van der Waals surface area contributed by atoms with E-state index in [2.05, 4.69) is 10.3 Å². The van der Waals surface area contributed by atoms with Crippen LogP contribution in [0.2, 0.25) is 0 Å². The van der Waals surface area contributed by atoms with Crippen LogP contribution in [-0.4, -0.2) is 35.3 Å². The van der Waals surface area contributed by atoms with E-state index in [1.165, 1.54) is 12.3 Å². The van der Waals surface area contributed by atoms with E-state index in [1.807, 2.05) is 0 Å². The van der Waals surface area contributed by atoms with E-state index in [1.54, 1.807) is 6.07 Å². The second-order valence-corrected chi connectivity index (χ2v) is 3.41. The number of pyridine rings is 1. The summed E-state index contributed by atoms with van der Waals surface area (Å²) in [5.74, 6) is -0.461. The highest BCUT2D eigenvalue weighted by Crippen LogP contribution is 2.13. The Bertz CT molecular complexity index is 361. The van der Waals surface area contributed by atoms with E-state index in [-0.39, 0.29) is 23.4 Å². The minimum Gasteiger partial charge on any atom is -0.505 e. The summed E-state index contributed by atoms with van der Waals surface area (Å²) in [4.78, 5) is 15.4. The number of amides is 1. The zero-order chi connectivity index (χ0) is 10.7. The number of carbonyl (C=O) groups is 1. The van der Waals surface area contributed by atoms with Crippen molar-refractivity contribution in [3.63, 3.8) is 0 Å². The first-order valence-electron chi connectivity index (χ1n) is 4.80. The quantitative estimate of drug-likeness (QED) is 0.733. The first-order valence-corrected chi connectivity index (χ1v) is 4.80. The van der Waals surface area contributed by atoms with Crippen molar-refractivity contribution in [3.8, 4) is 5.75 Å². The number of nitrogens with one attached hydrogen (secondary N) is 1. The lowest BCUT2D eigenvalue weighted by atomic mass is 10.2. The molecule has 0 aliphatic carbocycles. The molecule has 0 aromatic carbocycles. The van der Waals surface area contributed by atoms with Crippen LogP contribution in [0.15, 0.2) is 18.3 Å². The molecule has 2 rings (SSSR count). The monoisotopic (exact) mass is 208 g/mol. The van der Waals surface area contributed by atoms with Crippen LogP contribution in [0.4, 0.5) is 0 Å². The van der Waals surface area contributed by atoms with Crippen molar-refractivity contribution in [2.45, 2.75) is 12.5 Å². The number of aromatic hydroxyl groups is 1. The van der Waals surface area contributed by atoms with E-state index >= 15 is 0 Å². The lowest BCUT2D eigenvalue weighted by molar-refractivity contribution is 0.0922. The highest BCUT2D eigenvalue weighted by molar-refractivity contribution is 5.94. The van der Waals surface area contributed by atoms with Gasteiger partial charge in [0.05, 0.1) is 12.6 Å². The van der Waals surface area contributed by atoms with Crippen LogP contribution in [0.3, 0.4) is 0 Å². The molecular formula is C10H12N2O3. The molecule has 2 N–H and O–H groups in total. The molecule has 2 heterocycles. The van der Waals surface area contributed by atoms with E-state index < -0.39 is 0 Å². The molecule has 1 aromatic rings. The van der Waals surface area contributed by atoms with E-state index in [0.29, 0.717) is 13.2 Å². The summed E-state index contributed by atoms with van der Waals surface area (Å²) in [6.45, 7) is 1.19. The first-order chi connectivity index (χ1) is 7.27. The molecule has 0 radical (unpaired) electrons. The van der Waals surface area contributed by atoms with Crippen LogP contribution < -0.4 is 5.32 Å². The van der Waals surface area contributed by atoms with Crippen LogP contribution in [0.5, 0.6) is 5.75 Å². The van der Waals surface area contributed by atoms with Gasteiger partial charge in [-0.2, -0.15) is 0 Å². The van der Waals surface area contributed by atoms with Crippen molar-refractivity contribution in [3.05, 3.63) is 24.0 Å². The van der Waals surface area contributed by atoms with Gasteiger partial charge in [-0.3, -0.25) is 4.79 Å². The van der Waals surface area contributed by atoms with Gasteiger partial charge < -0.3 is 15.2 Å². The van der Waals surface area contributed by atoms with Gasteiger partial charge in [0.25, 0.3) is 5.91 Å². The van der Waals surface area contributed by atoms with Gasteiger partial charge in [0, 0.05) is 12.8 Å². The Kier molecular flexibility index (Phi) is 2.82. The van der Waals surface area contributed by atoms with Gasteiger partial charge in [-0.25, -0.2) is 4.98 Å². The van der Waals surface area contributed by atoms with Gasteiger partial charge in [0.1, 0.15) is 5.75 Å². The standard InChI is InChI=1S/C10H12N2O3/c13-8-2-1-4-11-9(8)10(14)12-7-3-5-15-6-7/h1-2,4,7,13H,3,5-6H2,(H,12,14). The Hall–Kier alpha value is -1.62. The highest BCUT2D eigenvalue weighted by Gasteiger charge is 2.20. The van der Waals surface area contributed by atoms with Crippen molar-refractivity contribution >= 4 is 5.91 Å². The van der Waals surface area contributed by atoms with Gasteiger partial charge in [-0.05, 0) is 18.6 Å². The number of ether oxygens (including phenoxy) is 1. The van der Waals surface area contributed by atoms with Crippen molar-refractivity contribution in [2.24, 2.45) is 0 Å². The second kappa shape index (κ2) is 4.27. The predicted octanol–water partition coefficient (Wildman–Crippen LogP) is 0.306. The Morgan fingerprint density at radius 3 is 3.20 bits per heavy atom. The fourth-order valence-corrected chi connectivity index (χ4v) is 1.47. The SMILES string of the molecule is O=C(NC1CCOC1)c1ncccc1O. The molecular weight excluding hydrogens is 196 g/mol. The number of hydrogen-bond acceptors (Lipinski definition) is 4. The van der Waals surface area contributed by atoms with Gasteiger partial charge in [-0.15, -0.1) is 0 Å². The summed E-state index contributed by atoms with van der Waals surface area (Å²) in [7, 11) is 0. The van der Waals surface area contributed by atoms with Crippen molar-refractivity contribution in [2.75, 3.05) is 13.2 Å². The van der Waals surface area contributed by atoms with Gasteiger partial charge in [0.2, 0.25) is 0 Å². The number of aromatic nitrogens is 1. The van der Waals surface area contributed by atoms with Crippen LogP contribution >= 0.6 is 0 Å². The van der Waals surface area contributed by atoms with Crippen molar-refractivity contribution < 1.29 is 14.6 Å². The maximum atomic E-state index is 11.6. The number of hydrogen-bond donors (Lipinski definition) is 2. The summed E-state index contributed by atoms with van der Waals surface area (Å²) in [6.07, 6.45) is 2.28. The van der Waals surface area contributed by atoms with Gasteiger partial charge >= 0.3 is 0 Å². The molecule has 5 nitrogen and oxygen atoms in total. The smallest absolute Gasteiger partial charge is 0.274 e. The molecule has 0 bridgehead atoms. The molecule has 1 fully saturated rings. The fourth-order valence-electron chi connectivity index (χ4n) is 1.47. The Morgan fingerprint density at radius 2 is 2.53 bits per heavy atom. The van der Waals surface area contributed by atoms with Crippen molar-refractivity contribution in [1.82, 2.24) is 10.3 Å². The first kappa shape index (κ1) is 9.92. The lowest BCUT2D eigenvalue weighted by Gasteiger charge is -2.10. The summed E-state index contributed by atoms with van der Waals surface area (Å²) in [5, 5.41) is 12.1. The molecule has 1 amide bonds. The summed E-state index contributed by atoms with van der Waals surface area (Å²) in [5.41, 5.74) is 0.0596. The summed E-state index contributed by atoms with van der Waals surface area (Å²) in [6, 6.07) is 3.04. The Balaban J connectivity index is 2.04. The van der Waals surface area contributed by atoms with Crippen LogP contribution in [0.1, 0.15) is 16.9 Å². The predicted molar refractivity (Wildman–Crippen MR) is 52.6 cm³/mol. The van der Waals surface area contributed by atoms with Crippen LogP contribution in [0.25, 0.3) is 0 Å². The third-order valence-electron chi connectivity index (χ3n) is 2.27. The maximum absolute atomic E-state index is 11.6. The number of rotatable bonds is 2. The summed E-state index contributed by atoms with van der Waals surface area (Å²) < 4.78 is 5.13. The lowest BCUT2D eigenvalue weighted by Crippen LogP contribution is -2.35. The van der Waals surface area contributed by atoms with Crippen LogP contribution in [0, 0.1) is 0 Å². The second-order valence-electron chi connectivity index (χ2n) is 3.41. The Labute approximate surface area is 87.1 Å². The maximum Gasteiger partial charge on any atom is 0.274 e. The summed E-state index contributed by atoms with van der Waals surface area (Å²) >= 11 is 0. The largest absolute Gasteiger partial charge is 0.505 e. The molecule has 1 aliphatic rings. The molecule has 0 saturated carbocycles. The number of carbonyl (C=O) groups excluding carboxylic acids is 1. The fraction of sp³-hybridized carbons (Fsp3) is 0.400. The molecule has 5 heteroatoms. The highest BCUT2D eigenvalue weighted by atomic mass is 16.5. The molecule has 1 saturated heterocycles. The van der Waals surface area contributed by atoms with Gasteiger partial charge in [0.15, 0.2) is 5.69 Å². The molecule has 0 spiro atoms. The van der Waals surface area contributed by atoms with E-state index in [0.717, 1.165) is 6.42 Å². The zero-order valence-corrected chi connectivity index (χ0v) is 8.14. The molecule has 80 valence electrons. The average molecular weight is 208 g/mol. The average Bonchev–Trinajstić information content (AvgIpc) is 2.71. The molecule has 1 aromatic heterocycles. The van der Waals surface area contributed by atoms with Gasteiger partial charge in [-0.1, -0.05) is 0 Å². The molecule has 1 unspecified atom stereocenters. The number of nitrogens with zero attached hydrogens (tertiary/aromatic N) is 1. The minimum atomic E-state index is -0.358. The third kappa shape index (κ3) is 2.24.